The van der Waals surface area contributed by atoms with E-state index in [4.69, 9.17) is 0 Å². The van der Waals surface area contributed by atoms with Gasteiger partial charge in [-0.3, -0.25) is 14.2 Å². The number of hydrogen-bond acceptors (Lipinski definition) is 3. The Labute approximate surface area is 172 Å². The number of rotatable bonds is 7. The second-order valence-electron chi connectivity index (χ2n) is 6.34. The molecular formula is C24H28N4O. The van der Waals surface area contributed by atoms with Gasteiger partial charge in [0, 0.05) is 31.7 Å². The largest absolute Gasteiger partial charge is 0.296 e. The molecule has 0 fully saturated rings. The van der Waals surface area contributed by atoms with Gasteiger partial charge in [0.2, 0.25) is 0 Å². The molecule has 0 saturated heterocycles. The molecule has 0 saturated carbocycles. The monoisotopic (exact) mass is 388 g/mol. The van der Waals surface area contributed by atoms with E-state index in [1.165, 1.54) is 11.1 Å². The molecule has 29 heavy (non-hydrogen) atoms. The fourth-order valence-corrected chi connectivity index (χ4v) is 2.83. The molecule has 150 valence electrons. The van der Waals surface area contributed by atoms with Crippen molar-refractivity contribution >= 4 is 6.29 Å². The SMILES string of the molecule is C.O=Cc1ccnn1CCc1ccccc1.c1ccc(CCn2cccn2)cc1. The molecule has 0 unspecified atom stereocenters. The van der Waals surface area contributed by atoms with Crippen LogP contribution in [0.4, 0.5) is 0 Å². The average molecular weight is 389 g/mol. The van der Waals surface area contributed by atoms with E-state index in [2.05, 4.69) is 46.6 Å². The Bertz CT molecular complexity index is 931. The zero-order chi connectivity index (χ0) is 19.4. The van der Waals surface area contributed by atoms with E-state index in [9.17, 15) is 4.79 Å². The van der Waals surface area contributed by atoms with Gasteiger partial charge in [-0.25, -0.2) is 0 Å². The fourth-order valence-electron chi connectivity index (χ4n) is 2.83. The number of aromatic nitrogens is 4. The van der Waals surface area contributed by atoms with Crippen molar-refractivity contribution in [3.8, 4) is 0 Å². The summed E-state index contributed by atoms with van der Waals surface area (Å²) in [5.74, 6) is 0. The Morgan fingerprint density at radius 1 is 0.724 bits per heavy atom. The molecule has 0 spiro atoms. The number of benzene rings is 2. The Hall–Kier alpha value is -3.47. The lowest BCUT2D eigenvalue weighted by atomic mass is 10.1. The molecule has 0 bridgehead atoms. The third-order valence-electron chi connectivity index (χ3n) is 4.36. The van der Waals surface area contributed by atoms with Crippen molar-refractivity contribution in [3.63, 3.8) is 0 Å². The summed E-state index contributed by atoms with van der Waals surface area (Å²) in [5.41, 5.74) is 3.24. The molecule has 4 rings (SSSR count). The van der Waals surface area contributed by atoms with Crippen LogP contribution in [0.1, 0.15) is 29.0 Å². The molecule has 0 radical (unpaired) electrons. The summed E-state index contributed by atoms with van der Waals surface area (Å²) in [6.45, 7) is 1.70. The van der Waals surface area contributed by atoms with Crippen molar-refractivity contribution < 1.29 is 4.79 Å². The highest BCUT2D eigenvalue weighted by Crippen LogP contribution is 2.03. The van der Waals surface area contributed by atoms with Crippen molar-refractivity contribution in [2.24, 2.45) is 0 Å². The standard InChI is InChI=1S/C12H12N2O.C11H12N2.CH4/c15-10-12-6-8-13-14(12)9-7-11-4-2-1-3-5-11;1-2-5-11(6-3-1)7-10-13-9-4-8-12-13;/h1-6,8,10H,7,9H2;1-6,8-9H,7,10H2;1H4. The normalized spacial score (nSPS) is 9.79. The van der Waals surface area contributed by atoms with Crippen LogP contribution in [-0.4, -0.2) is 25.8 Å². The van der Waals surface area contributed by atoms with Crippen molar-refractivity contribution in [2.75, 3.05) is 0 Å². The van der Waals surface area contributed by atoms with Crippen LogP contribution >= 0.6 is 0 Å². The summed E-state index contributed by atoms with van der Waals surface area (Å²) in [4.78, 5) is 10.6. The maximum atomic E-state index is 10.6. The summed E-state index contributed by atoms with van der Waals surface area (Å²) in [6, 6.07) is 24.3. The van der Waals surface area contributed by atoms with E-state index in [0.717, 1.165) is 32.2 Å². The third kappa shape index (κ3) is 7.22. The summed E-state index contributed by atoms with van der Waals surface area (Å²) < 4.78 is 3.67. The number of aldehydes is 1. The molecule has 0 atom stereocenters. The molecule has 2 heterocycles. The van der Waals surface area contributed by atoms with E-state index in [1.54, 1.807) is 16.9 Å². The zero-order valence-electron chi connectivity index (χ0n) is 15.8. The summed E-state index contributed by atoms with van der Waals surface area (Å²) in [6.07, 6.45) is 8.21. The molecular weight excluding hydrogens is 360 g/mol. The molecule has 2 aromatic heterocycles. The molecule has 2 aromatic carbocycles. The molecule has 0 aliphatic rings. The van der Waals surface area contributed by atoms with Crippen molar-refractivity contribution in [2.45, 2.75) is 33.4 Å². The van der Waals surface area contributed by atoms with Crippen molar-refractivity contribution in [1.29, 1.82) is 0 Å². The lowest BCUT2D eigenvalue weighted by molar-refractivity contribution is 0.111. The predicted octanol–water partition coefficient (Wildman–Crippen LogP) is 4.70. The minimum atomic E-state index is 0. The van der Waals surface area contributed by atoms with Crippen LogP contribution in [0, 0.1) is 0 Å². The molecule has 0 aliphatic carbocycles. The van der Waals surface area contributed by atoms with Crippen LogP contribution in [0.15, 0.2) is 91.4 Å². The molecule has 0 N–H and O–H groups in total. The topological polar surface area (TPSA) is 52.7 Å². The first-order chi connectivity index (χ1) is 13.8. The van der Waals surface area contributed by atoms with Gasteiger partial charge in [0.05, 0.1) is 0 Å². The minimum Gasteiger partial charge on any atom is -0.296 e. The van der Waals surface area contributed by atoms with Crippen LogP contribution in [0.2, 0.25) is 0 Å². The second-order valence-corrected chi connectivity index (χ2v) is 6.34. The van der Waals surface area contributed by atoms with Crippen LogP contribution in [0.3, 0.4) is 0 Å². The lowest BCUT2D eigenvalue weighted by Gasteiger charge is -2.03. The summed E-state index contributed by atoms with van der Waals surface area (Å²) in [7, 11) is 0. The summed E-state index contributed by atoms with van der Waals surface area (Å²) >= 11 is 0. The smallest absolute Gasteiger partial charge is 0.168 e. The predicted molar refractivity (Wildman–Crippen MR) is 117 cm³/mol. The maximum Gasteiger partial charge on any atom is 0.168 e. The summed E-state index contributed by atoms with van der Waals surface area (Å²) in [5, 5.41) is 8.24. The third-order valence-corrected chi connectivity index (χ3v) is 4.36. The quantitative estimate of drug-likeness (QED) is 0.431. The highest BCUT2D eigenvalue weighted by Gasteiger charge is 2.00. The average Bonchev–Trinajstić information content (AvgIpc) is 3.44. The van der Waals surface area contributed by atoms with Crippen LogP contribution < -0.4 is 0 Å². The van der Waals surface area contributed by atoms with E-state index in [1.807, 2.05) is 47.4 Å². The van der Waals surface area contributed by atoms with Gasteiger partial charge in [0.25, 0.3) is 0 Å². The highest BCUT2D eigenvalue weighted by atomic mass is 16.1. The first-order valence-corrected chi connectivity index (χ1v) is 9.37. The minimum absolute atomic E-state index is 0. The molecule has 5 heteroatoms. The zero-order valence-corrected chi connectivity index (χ0v) is 15.8. The van der Waals surface area contributed by atoms with E-state index < -0.39 is 0 Å². The molecule has 0 aliphatic heterocycles. The van der Waals surface area contributed by atoms with Gasteiger partial charge in [-0.1, -0.05) is 68.1 Å². The van der Waals surface area contributed by atoms with Gasteiger partial charge in [-0.05, 0) is 36.1 Å². The van der Waals surface area contributed by atoms with Gasteiger partial charge in [-0.2, -0.15) is 10.2 Å². The first-order valence-electron chi connectivity index (χ1n) is 9.37. The molecule has 0 amide bonds. The van der Waals surface area contributed by atoms with E-state index >= 15 is 0 Å². The second kappa shape index (κ2) is 12.1. The van der Waals surface area contributed by atoms with E-state index in [0.29, 0.717) is 5.69 Å². The fraction of sp³-hybridized carbons (Fsp3) is 0.208. The van der Waals surface area contributed by atoms with Crippen LogP contribution in [-0.2, 0) is 25.9 Å². The van der Waals surface area contributed by atoms with Gasteiger partial charge in [-0.15, -0.1) is 0 Å². The number of hydrogen-bond donors (Lipinski definition) is 0. The van der Waals surface area contributed by atoms with E-state index in [-0.39, 0.29) is 7.43 Å². The highest BCUT2D eigenvalue weighted by molar-refractivity contribution is 5.71. The number of carbonyl (C=O) groups excluding carboxylic acids is 1. The van der Waals surface area contributed by atoms with Gasteiger partial charge in [0.1, 0.15) is 5.69 Å². The van der Waals surface area contributed by atoms with Crippen molar-refractivity contribution in [1.82, 2.24) is 19.6 Å². The van der Waals surface area contributed by atoms with Gasteiger partial charge >= 0.3 is 0 Å². The maximum absolute atomic E-state index is 10.6. The number of nitrogens with zero attached hydrogens (tertiary/aromatic N) is 4. The number of aryl methyl sites for hydroxylation is 4. The lowest BCUT2D eigenvalue weighted by Crippen LogP contribution is -2.06. The van der Waals surface area contributed by atoms with Crippen molar-refractivity contribution in [3.05, 3.63) is 108 Å². The molecule has 5 nitrogen and oxygen atoms in total. The first kappa shape index (κ1) is 21.8. The molecule has 4 aromatic rings. The number of carbonyl (C=O) groups is 1. The Kier molecular flexibility index (Phi) is 9.09. The van der Waals surface area contributed by atoms with Gasteiger partial charge in [0.15, 0.2) is 6.29 Å². The van der Waals surface area contributed by atoms with Crippen LogP contribution in [0.25, 0.3) is 0 Å². The Balaban J connectivity index is 0.000000202. The Morgan fingerprint density at radius 3 is 1.90 bits per heavy atom. The Morgan fingerprint density at radius 2 is 1.34 bits per heavy atom. The van der Waals surface area contributed by atoms with Crippen LogP contribution in [0.5, 0.6) is 0 Å². The van der Waals surface area contributed by atoms with Gasteiger partial charge < -0.3 is 0 Å².